The van der Waals surface area contributed by atoms with Crippen molar-refractivity contribution in [1.82, 2.24) is 4.98 Å². The second-order valence-corrected chi connectivity index (χ2v) is 7.88. The van der Waals surface area contributed by atoms with Crippen LogP contribution in [-0.2, 0) is 11.0 Å². The first-order valence-electron chi connectivity index (χ1n) is 9.69. The predicted molar refractivity (Wildman–Crippen MR) is 110 cm³/mol. The van der Waals surface area contributed by atoms with Crippen LogP contribution in [0.25, 0.3) is 0 Å². The fourth-order valence-corrected chi connectivity index (χ4v) is 3.59. The molecule has 0 spiro atoms. The molecule has 2 heterocycles. The van der Waals surface area contributed by atoms with Crippen LogP contribution in [0.1, 0.15) is 32.3 Å². The number of benzene rings is 1. The number of hydrogen-bond acceptors (Lipinski definition) is 4. The van der Waals surface area contributed by atoms with Crippen LogP contribution in [0.15, 0.2) is 36.5 Å². The van der Waals surface area contributed by atoms with Crippen LogP contribution in [0.5, 0.6) is 5.75 Å². The van der Waals surface area contributed by atoms with E-state index in [1.807, 2.05) is 18.7 Å². The summed E-state index contributed by atoms with van der Waals surface area (Å²) in [6.07, 6.45) is -2.52. The number of pyridine rings is 1. The van der Waals surface area contributed by atoms with Crippen molar-refractivity contribution < 1.29 is 22.7 Å². The minimum Gasteiger partial charge on any atom is -0.491 e. The lowest BCUT2D eigenvalue weighted by Crippen LogP contribution is -2.38. The van der Waals surface area contributed by atoms with Gasteiger partial charge < -0.3 is 15.0 Å². The molecule has 3 rings (SSSR count). The minimum absolute atomic E-state index is 0.0450. The van der Waals surface area contributed by atoms with Gasteiger partial charge in [-0.3, -0.25) is 4.79 Å². The van der Waals surface area contributed by atoms with E-state index in [-0.39, 0.29) is 23.0 Å². The van der Waals surface area contributed by atoms with E-state index in [9.17, 15) is 18.0 Å². The molecule has 1 fully saturated rings. The number of alkyl halides is 3. The Balaban J connectivity index is 1.55. The summed E-state index contributed by atoms with van der Waals surface area (Å²) < 4.78 is 43.9. The Morgan fingerprint density at radius 1 is 1.23 bits per heavy atom. The van der Waals surface area contributed by atoms with E-state index in [1.165, 1.54) is 0 Å². The highest BCUT2D eigenvalue weighted by atomic mass is 35.5. The second kappa shape index (κ2) is 9.12. The first-order valence-corrected chi connectivity index (χ1v) is 10.1. The van der Waals surface area contributed by atoms with Crippen molar-refractivity contribution in [3.63, 3.8) is 0 Å². The van der Waals surface area contributed by atoms with Gasteiger partial charge in [0.05, 0.1) is 16.7 Å². The highest BCUT2D eigenvalue weighted by Crippen LogP contribution is 2.34. The normalized spacial score (nSPS) is 15.4. The van der Waals surface area contributed by atoms with Crippen molar-refractivity contribution in [2.75, 3.05) is 23.3 Å². The summed E-state index contributed by atoms with van der Waals surface area (Å²) in [6, 6.07) is 8.07. The van der Waals surface area contributed by atoms with Gasteiger partial charge in [-0.05, 0) is 57.0 Å². The largest absolute Gasteiger partial charge is 0.491 e. The molecule has 1 N–H and O–H groups in total. The fraction of sp³-hybridized carbons (Fsp3) is 0.429. The first-order chi connectivity index (χ1) is 14.1. The average molecular weight is 442 g/mol. The Hall–Kier alpha value is -2.48. The minimum atomic E-state index is -4.49. The van der Waals surface area contributed by atoms with E-state index < -0.39 is 11.7 Å². The molecule has 30 heavy (non-hydrogen) atoms. The predicted octanol–water partition coefficient (Wildman–Crippen LogP) is 5.40. The van der Waals surface area contributed by atoms with Crippen LogP contribution in [0.4, 0.5) is 24.7 Å². The molecule has 5 nitrogen and oxygen atoms in total. The zero-order valence-electron chi connectivity index (χ0n) is 16.7. The Morgan fingerprint density at radius 2 is 1.87 bits per heavy atom. The molecule has 0 saturated carbocycles. The zero-order chi connectivity index (χ0) is 21.9. The van der Waals surface area contributed by atoms with Crippen molar-refractivity contribution in [3.8, 4) is 5.75 Å². The quantitative estimate of drug-likeness (QED) is 0.675. The van der Waals surface area contributed by atoms with Gasteiger partial charge in [0.25, 0.3) is 0 Å². The molecule has 0 bridgehead atoms. The number of carbonyl (C=O) groups is 1. The lowest BCUT2D eigenvalue weighted by molar-refractivity contribution is -0.137. The van der Waals surface area contributed by atoms with Crippen molar-refractivity contribution in [2.45, 2.75) is 39.0 Å². The molecule has 1 amide bonds. The fourth-order valence-electron chi connectivity index (χ4n) is 3.31. The lowest BCUT2D eigenvalue weighted by atomic mass is 9.95. The van der Waals surface area contributed by atoms with Crippen molar-refractivity contribution in [2.24, 2.45) is 5.92 Å². The van der Waals surface area contributed by atoms with E-state index >= 15 is 0 Å². The van der Waals surface area contributed by atoms with E-state index in [0.29, 0.717) is 37.4 Å². The number of rotatable bonds is 5. The molecule has 0 unspecified atom stereocenters. The molecule has 9 heteroatoms. The van der Waals surface area contributed by atoms with Gasteiger partial charge in [-0.25, -0.2) is 4.98 Å². The topological polar surface area (TPSA) is 54.5 Å². The highest BCUT2D eigenvalue weighted by Gasteiger charge is 2.33. The lowest BCUT2D eigenvalue weighted by Gasteiger charge is -2.32. The van der Waals surface area contributed by atoms with E-state index in [2.05, 4.69) is 10.3 Å². The number of piperidine rings is 1. The number of hydrogen-bond donors (Lipinski definition) is 1. The average Bonchev–Trinajstić information content (AvgIpc) is 2.68. The summed E-state index contributed by atoms with van der Waals surface area (Å²) in [5.74, 6) is 0.765. The number of amides is 1. The molecule has 0 atom stereocenters. The number of halogens is 4. The maximum atomic E-state index is 12.8. The van der Waals surface area contributed by atoms with Crippen LogP contribution >= 0.6 is 11.6 Å². The molecule has 1 aromatic heterocycles. The summed E-state index contributed by atoms with van der Waals surface area (Å²) in [7, 11) is 0. The molecule has 1 saturated heterocycles. The molecule has 2 aromatic rings. The molecule has 1 aliphatic rings. The number of anilines is 2. The van der Waals surface area contributed by atoms with Crippen LogP contribution in [-0.4, -0.2) is 30.1 Å². The van der Waals surface area contributed by atoms with Gasteiger partial charge in [0, 0.05) is 30.9 Å². The maximum absolute atomic E-state index is 12.8. The Kier molecular flexibility index (Phi) is 6.75. The molecule has 0 radical (unpaired) electrons. The number of nitrogens with one attached hydrogen (secondary N) is 1. The van der Waals surface area contributed by atoms with E-state index in [0.717, 1.165) is 18.0 Å². The Labute approximate surface area is 178 Å². The molecular formula is C21H23ClF3N3O2. The standard InChI is InChI=1S/C21H23ClF3N3O2/c1-13(2)30-17-5-3-16(4-6-17)27-20(29)14-7-9-28(10-8-14)19-18(22)11-15(12-26-19)21(23,24)25/h3-6,11-14H,7-10H2,1-2H3,(H,27,29). The summed E-state index contributed by atoms with van der Waals surface area (Å²) in [4.78, 5) is 18.3. The van der Waals surface area contributed by atoms with Crippen molar-refractivity contribution in [1.29, 1.82) is 0 Å². The van der Waals surface area contributed by atoms with Gasteiger partial charge in [-0.1, -0.05) is 11.6 Å². The van der Waals surface area contributed by atoms with Crippen molar-refractivity contribution in [3.05, 3.63) is 47.1 Å². The zero-order valence-corrected chi connectivity index (χ0v) is 17.4. The summed E-state index contributed by atoms with van der Waals surface area (Å²) in [5.41, 5.74) is -0.193. The molecule has 0 aliphatic carbocycles. The Morgan fingerprint density at radius 3 is 2.40 bits per heavy atom. The van der Waals surface area contributed by atoms with Gasteiger partial charge in [0.1, 0.15) is 11.6 Å². The van der Waals surface area contributed by atoms with Crippen LogP contribution in [0.3, 0.4) is 0 Å². The number of carbonyl (C=O) groups excluding carboxylic acids is 1. The molecule has 1 aliphatic heterocycles. The van der Waals surface area contributed by atoms with E-state index in [4.69, 9.17) is 16.3 Å². The smallest absolute Gasteiger partial charge is 0.417 e. The highest BCUT2D eigenvalue weighted by molar-refractivity contribution is 6.33. The summed E-state index contributed by atoms with van der Waals surface area (Å²) in [5, 5.41) is 2.86. The van der Waals surface area contributed by atoms with Crippen LogP contribution < -0.4 is 15.0 Å². The van der Waals surface area contributed by atoms with Gasteiger partial charge in [-0.15, -0.1) is 0 Å². The molecule has 1 aromatic carbocycles. The third kappa shape index (κ3) is 5.56. The third-order valence-corrected chi connectivity index (χ3v) is 5.09. The second-order valence-electron chi connectivity index (χ2n) is 7.47. The summed E-state index contributed by atoms with van der Waals surface area (Å²) in [6.45, 7) is 4.85. The number of nitrogens with zero attached hydrogens (tertiary/aromatic N) is 2. The van der Waals surface area contributed by atoms with Gasteiger partial charge >= 0.3 is 6.18 Å². The summed E-state index contributed by atoms with van der Waals surface area (Å²) >= 11 is 6.03. The van der Waals surface area contributed by atoms with E-state index in [1.54, 1.807) is 24.3 Å². The van der Waals surface area contributed by atoms with Gasteiger partial charge in [-0.2, -0.15) is 13.2 Å². The monoisotopic (exact) mass is 441 g/mol. The molecule has 162 valence electrons. The number of aromatic nitrogens is 1. The van der Waals surface area contributed by atoms with Gasteiger partial charge in [0.15, 0.2) is 0 Å². The van der Waals surface area contributed by atoms with Crippen LogP contribution in [0, 0.1) is 5.92 Å². The maximum Gasteiger partial charge on any atom is 0.417 e. The molecular weight excluding hydrogens is 419 g/mol. The van der Waals surface area contributed by atoms with Crippen molar-refractivity contribution >= 4 is 29.0 Å². The van der Waals surface area contributed by atoms with Crippen LogP contribution in [0.2, 0.25) is 5.02 Å². The number of ether oxygens (including phenoxy) is 1. The first kappa shape index (κ1) is 22.2. The Bertz CT molecular complexity index is 880. The van der Waals surface area contributed by atoms with Gasteiger partial charge in [0.2, 0.25) is 5.91 Å². The third-order valence-electron chi connectivity index (χ3n) is 4.81. The SMILES string of the molecule is CC(C)Oc1ccc(NC(=O)C2CCN(c3ncc(C(F)(F)F)cc3Cl)CC2)cc1.